The first-order chi connectivity index (χ1) is 9.38. The molecule has 0 bridgehead atoms. The fourth-order valence-electron chi connectivity index (χ4n) is 2.17. The number of hydrogen-bond acceptors (Lipinski definition) is 4. The summed E-state index contributed by atoms with van der Waals surface area (Å²) in [4.78, 5) is 12.0. The van der Waals surface area contributed by atoms with Crippen LogP contribution in [0.25, 0.3) is 0 Å². The Hall–Kier alpha value is -1.67. The minimum absolute atomic E-state index is 0.00514. The Balaban J connectivity index is 3.10. The second-order valence-corrected chi connectivity index (χ2v) is 7.14. The molecule has 0 radical (unpaired) electrons. The van der Waals surface area contributed by atoms with Crippen molar-refractivity contribution in [1.82, 2.24) is 0 Å². The molecular weight excluding hydrogens is 274 g/mol. The molecule has 0 aromatic heterocycles. The summed E-state index contributed by atoms with van der Waals surface area (Å²) in [6.45, 7) is 3.12. The van der Waals surface area contributed by atoms with E-state index in [-0.39, 0.29) is 23.7 Å². The zero-order chi connectivity index (χ0) is 15.2. The van der Waals surface area contributed by atoms with Gasteiger partial charge in [0.1, 0.15) is 15.3 Å². The van der Waals surface area contributed by atoms with E-state index in [0.29, 0.717) is 12.0 Å². The first-order valence-corrected chi connectivity index (χ1v) is 8.38. The van der Waals surface area contributed by atoms with Gasteiger partial charge in [0.05, 0.1) is 11.8 Å². The summed E-state index contributed by atoms with van der Waals surface area (Å²) in [6.07, 6.45) is 0.540. The van der Waals surface area contributed by atoms with Crippen molar-refractivity contribution in [2.24, 2.45) is 0 Å². The number of carbonyl (C=O) groups is 1. The highest BCUT2D eigenvalue weighted by Gasteiger charge is 2.38. The molecule has 5 heteroatoms. The van der Waals surface area contributed by atoms with Crippen molar-refractivity contribution in [3.63, 3.8) is 0 Å². The molecule has 0 saturated heterocycles. The molecule has 0 aliphatic carbocycles. The van der Waals surface area contributed by atoms with Gasteiger partial charge in [-0.1, -0.05) is 37.3 Å². The van der Waals surface area contributed by atoms with Crippen LogP contribution in [0.2, 0.25) is 0 Å². The van der Waals surface area contributed by atoms with Gasteiger partial charge in [0, 0.05) is 5.75 Å². The van der Waals surface area contributed by atoms with E-state index in [1.165, 1.54) is 6.92 Å². The van der Waals surface area contributed by atoms with Gasteiger partial charge in [-0.25, -0.2) is 8.42 Å². The fraction of sp³-hybridized carbons (Fsp3) is 0.467. The third-order valence-corrected chi connectivity index (χ3v) is 5.22. The number of Topliss-reactive ketones (excluding diaryl/α,β-unsaturated/α-hetero) is 1. The minimum atomic E-state index is -3.22. The van der Waals surface area contributed by atoms with Gasteiger partial charge in [0.15, 0.2) is 5.78 Å². The predicted molar refractivity (Wildman–Crippen MR) is 78.0 cm³/mol. The van der Waals surface area contributed by atoms with E-state index in [1.54, 1.807) is 37.3 Å². The SMILES string of the molecule is CCCS(=O)(=O)CCC(C#N)(C(C)=O)c1ccccc1. The molecule has 0 aliphatic heterocycles. The minimum Gasteiger partial charge on any atom is -0.298 e. The molecule has 0 N–H and O–H groups in total. The summed E-state index contributed by atoms with van der Waals surface area (Å²) >= 11 is 0. The van der Waals surface area contributed by atoms with Gasteiger partial charge in [0.25, 0.3) is 0 Å². The van der Waals surface area contributed by atoms with Crippen molar-refractivity contribution < 1.29 is 13.2 Å². The molecule has 1 atom stereocenters. The van der Waals surface area contributed by atoms with Gasteiger partial charge >= 0.3 is 0 Å². The van der Waals surface area contributed by atoms with Crippen molar-refractivity contribution in [1.29, 1.82) is 5.26 Å². The maximum atomic E-state index is 12.0. The Labute approximate surface area is 120 Å². The highest BCUT2D eigenvalue weighted by atomic mass is 32.2. The molecule has 4 nitrogen and oxygen atoms in total. The summed E-state index contributed by atoms with van der Waals surface area (Å²) in [5.41, 5.74) is -0.816. The van der Waals surface area contributed by atoms with Gasteiger partial charge in [-0.05, 0) is 25.3 Å². The summed E-state index contributed by atoms with van der Waals surface area (Å²) in [5.74, 6) is -0.387. The van der Waals surface area contributed by atoms with Gasteiger partial charge in [-0.3, -0.25) is 4.79 Å². The number of rotatable bonds is 7. The van der Waals surface area contributed by atoms with E-state index in [1.807, 2.05) is 6.07 Å². The molecule has 0 amide bonds. The van der Waals surface area contributed by atoms with Crippen LogP contribution in [0.3, 0.4) is 0 Å². The Morgan fingerprint density at radius 1 is 1.25 bits per heavy atom. The van der Waals surface area contributed by atoms with Gasteiger partial charge < -0.3 is 0 Å². The number of nitrogens with zero attached hydrogens (tertiary/aromatic N) is 1. The normalized spacial score (nSPS) is 14.2. The Kier molecular flexibility index (Phi) is 5.46. The monoisotopic (exact) mass is 293 g/mol. The van der Waals surface area contributed by atoms with E-state index < -0.39 is 15.3 Å². The molecule has 1 aromatic rings. The van der Waals surface area contributed by atoms with Crippen molar-refractivity contribution in [3.8, 4) is 6.07 Å². The van der Waals surface area contributed by atoms with Crippen molar-refractivity contribution >= 4 is 15.6 Å². The summed E-state index contributed by atoms with van der Waals surface area (Å²) < 4.78 is 23.7. The number of nitriles is 1. The zero-order valence-electron chi connectivity index (χ0n) is 11.8. The van der Waals surface area contributed by atoms with Crippen molar-refractivity contribution in [2.75, 3.05) is 11.5 Å². The summed E-state index contributed by atoms with van der Waals surface area (Å²) in [7, 11) is -3.22. The highest BCUT2D eigenvalue weighted by Crippen LogP contribution is 2.29. The first kappa shape index (κ1) is 16.4. The lowest BCUT2D eigenvalue weighted by atomic mass is 9.76. The fourth-order valence-corrected chi connectivity index (χ4v) is 3.61. The first-order valence-electron chi connectivity index (χ1n) is 6.56. The quantitative estimate of drug-likeness (QED) is 0.772. The molecule has 0 spiro atoms. The number of hydrogen-bond donors (Lipinski definition) is 0. The molecule has 20 heavy (non-hydrogen) atoms. The third-order valence-electron chi connectivity index (χ3n) is 3.36. The van der Waals surface area contributed by atoms with Gasteiger partial charge in [0.2, 0.25) is 0 Å². The Bertz CT molecular complexity index is 602. The number of carbonyl (C=O) groups excluding carboxylic acids is 1. The molecule has 108 valence electrons. The maximum Gasteiger partial charge on any atom is 0.154 e. The second-order valence-electron chi connectivity index (χ2n) is 4.84. The van der Waals surface area contributed by atoms with E-state index in [9.17, 15) is 18.5 Å². The predicted octanol–water partition coefficient (Wildman–Crippen LogP) is 2.25. The summed E-state index contributed by atoms with van der Waals surface area (Å²) in [6, 6.07) is 10.7. The number of ketones is 1. The second kappa shape index (κ2) is 6.67. The van der Waals surface area contributed by atoms with Crippen LogP contribution in [0.15, 0.2) is 30.3 Å². The van der Waals surface area contributed by atoms with Crippen molar-refractivity contribution in [2.45, 2.75) is 32.1 Å². The molecule has 0 saturated carbocycles. The Morgan fingerprint density at radius 3 is 2.30 bits per heavy atom. The topological polar surface area (TPSA) is 75.0 Å². The average Bonchev–Trinajstić information content (AvgIpc) is 2.40. The van der Waals surface area contributed by atoms with Crippen LogP contribution in [0, 0.1) is 11.3 Å². The molecule has 1 unspecified atom stereocenters. The van der Waals surface area contributed by atoms with Crippen LogP contribution < -0.4 is 0 Å². The van der Waals surface area contributed by atoms with Crippen LogP contribution >= 0.6 is 0 Å². The standard InChI is InChI=1S/C15H19NO3S/c1-3-10-20(18,19)11-9-15(12-16,13(2)17)14-7-5-4-6-8-14/h4-8H,3,9-11H2,1-2H3. The largest absolute Gasteiger partial charge is 0.298 e. The highest BCUT2D eigenvalue weighted by molar-refractivity contribution is 7.91. The van der Waals surface area contributed by atoms with Crippen LogP contribution in [0.1, 0.15) is 32.3 Å². The zero-order valence-corrected chi connectivity index (χ0v) is 12.6. The lowest BCUT2D eigenvalue weighted by molar-refractivity contribution is -0.120. The molecule has 0 aliphatic rings. The smallest absolute Gasteiger partial charge is 0.154 e. The molecule has 1 aromatic carbocycles. The van der Waals surface area contributed by atoms with Crippen molar-refractivity contribution in [3.05, 3.63) is 35.9 Å². The van der Waals surface area contributed by atoms with Crippen LogP contribution in [-0.4, -0.2) is 25.7 Å². The molecule has 1 rings (SSSR count). The third kappa shape index (κ3) is 3.67. The summed E-state index contributed by atoms with van der Waals surface area (Å²) in [5, 5.41) is 9.46. The van der Waals surface area contributed by atoms with E-state index in [2.05, 4.69) is 0 Å². The van der Waals surface area contributed by atoms with Gasteiger partial charge in [-0.2, -0.15) is 5.26 Å². The van der Waals surface area contributed by atoms with Crippen LogP contribution in [0.5, 0.6) is 0 Å². The lowest BCUT2D eigenvalue weighted by Crippen LogP contribution is -2.35. The van der Waals surface area contributed by atoms with E-state index >= 15 is 0 Å². The van der Waals surface area contributed by atoms with E-state index in [0.717, 1.165) is 0 Å². The molecule has 0 fully saturated rings. The van der Waals surface area contributed by atoms with Crippen LogP contribution in [0.4, 0.5) is 0 Å². The maximum absolute atomic E-state index is 12.0. The van der Waals surface area contributed by atoms with Crippen LogP contribution in [-0.2, 0) is 20.0 Å². The lowest BCUT2D eigenvalue weighted by Gasteiger charge is -2.24. The number of sulfone groups is 1. The number of benzene rings is 1. The molecule has 0 heterocycles. The Morgan fingerprint density at radius 2 is 1.85 bits per heavy atom. The average molecular weight is 293 g/mol. The molecular formula is C15H19NO3S. The van der Waals surface area contributed by atoms with Gasteiger partial charge in [-0.15, -0.1) is 0 Å². The van der Waals surface area contributed by atoms with E-state index in [4.69, 9.17) is 0 Å².